The standard InChI is InChI=1S/C15H20O4/c1-4-5-10-15(2)11(7-9-13(17)18)6-8-12(16)14(15)19-3/h5-11,16H,4H2,1-3H3,(H,17,18)/b9-7+,10-5?. The number of rotatable bonds is 5. The minimum absolute atomic E-state index is 0.0747. The van der Waals surface area contributed by atoms with E-state index in [1.54, 1.807) is 12.2 Å². The molecule has 0 fully saturated rings. The van der Waals surface area contributed by atoms with E-state index in [9.17, 15) is 9.90 Å². The first-order chi connectivity index (χ1) is 8.95. The summed E-state index contributed by atoms with van der Waals surface area (Å²) in [5.41, 5.74) is -0.588. The van der Waals surface area contributed by atoms with Crippen LogP contribution in [0, 0.1) is 11.3 Å². The fourth-order valence-corrected chi connectivity index (χ4v) is 2.22. The summed E-state index contributed by atoms with van der Waals surface area (Å²) in [6.07, 6.45) is 10.8. The van der Waals surface area contributed by atoms with Crippen molar-refractivity contribution in [2.75, 3.05) is 7.11 Å². The van der Waals surface area contributed by atoms with Crippen LogP contribution >= 0.6 is 0 Å². The van der Waals surface area contributed by atoms with Gasteiger partial charge in [0.15, 0.2) is 5.76 Å². The van der Waals surface area contributed by atoms with Gasteiger partial charge in [0.05, 0.1) is 12.5 Å². The number of hydrogen-bond acceptors (Lipinski definition) is 3. The van der Waals surface area contributed by atoms with E-state index in [2.05, 4.69) is 0 Å². The van der Waals surface area contributed by atoms with Gasteiger partial charge >= 0.3 is 5.97 Å². The number of carboxylic acids is 1. The van der Waals surface area contributed by atoms with E-state index in [1.165, 1.54) is 13.2 Å². The largest absolute Gasteiger partial charge is 0.504 e. The molecule has 4 heteroatoms. The number of methoxy groups -OCH3 is 1. The molecule has 2 N–H and O–H groups in total. The maximum absolute atomic E-state index is 10.7. The van der Waals surface area contributed by atoms with Crippen LogP contribution in [0.5, 0.6) is 0 Å². The fourth-order valence-electron chi connectivity index (χ4n) is 2.22. The normalized spacial score (nSPS) is 27.4. The number of carboxylic acid groups (broad SMARTS) is 1. The summed E-state index contributed by atoms with van der Waals surface area (Å²) >= 11 is 0. The zero-order valence-electron chi connectivity index (χ0n) is 11.5. The van der Waals surface area contributed by atoms with Crippen LogP contribution in [0.3, 0.4) is 0 Å². The minimum atomic E-state index is -0.993. The Morgan fingerprint density at radius 2 is 2.26 bits per heavy atom. The summed E-state index contributed by atoms with van der Waals surface area (Å²) in [7, 11) is 1.50. The third kappa shape index (κ3) is 3.28. The predicted octanol–water partition coefficient (Wildman–Crippen LogP) is 3.20. The molecule has 0 saturated carbocycles. The smallest absolute Gasteiger partial charge is 0.327 e. The second-order valence-electron chi connectivity index (χ2n) is 4.59. The van der Waals surface area contributed by atoms with Gasteiger partial charge in [-0.2, -0.15) is 0 Å². The number of aliphatic hydroxyl groups is 1. The molecule has 1 rings (SSSR count). The number of carbonyl (C=O) groups is 1. The van der Waals surface area contributed by atoms with Crippen molar-refractivity contribution in [1.29, 1.82) is 0 Å². The van der Waals surface area contributed by atoms with Crippen molar-refractivity contribution in [2.45, 2.75) is 20.3 Å². The molecule has 0 aromatic carbocycles. The highest BCUT2D eigenvalue weighted by atomic mass is 16.5. The van der Waals surface area contributed by atoms with Crippen LogP contribution in [0.4, 0.5) is 0 Å². The quantitative estimate of drug-likeness (QED) is 0.591. The molecule has 0 aromatic heterocycles. The number of allylic oxidation sites excluding steroid dienone is 5. The molecule has 0 radical (unpaired) electrons. The molecule has 0 bridgehead atoms. The molecule has 1 aliphatic rings. The van der Waals surface area contributed by atoms with Gasteiger partial charge in [0, 0.05) is 12.0 Å². The first kappa shape index (κ1) is 15.1. The van der Waals surface area contributed by atoms with E-state index in [4.69, 9.17) is 9.84 Å². The zero-order valence-corrected chi connectivity index (χ0v) is 11.5. The van der Waals surface area contributed by atoms with E-state index >= 15 is 0 Å². The lowest BCUT2D eigenvalue weighted by atomic mass is 9.71. The molecule has 1 aliphatic carbocycles. The molecular formula is C15H20O4. The minimum Gasteiger partial charge on any atom is -0.504 e. The number of aliphatic hydroxyl groups excluding tert-OH is 1. The molecule has 19 heavy (non-hydrogen) atoms. The molecule has 2 unspecified atom stereocenters. The monoisotopic (exact) mass is 264 g/mol. The summed E-state index contributed by atoms with van der Waals surface area (Å²) in [6.45, 7) is 3.92. The number of ether oxygens (including phenoxy) is 1. The molecule has 0 aliphatic heterocycles. The summed E-state index contributed by atoms with van der Waals surface area (Å²) < 4.78 is 5.30. The maximum Gasteiger partial charge on any atom is 0.327 e. The van der Waals surface area contributed by atoms with Gasteiger partial charge < -0.3 is 14.9 Å². The third-order valence-electron chi connectivity index (χ3n) is 3.23. The van der Waals surface area contributed by atoms with Crippen LogP contribution in [0.25, 0.3) is 0 Å². The van der Waals surface area contributed by atoms with Gasteiger partial charge in [0.25, 0.3) is 0 Å². The Bertz CT molecular complexity index is 457. The highest BCUT2D eigenvalue weighted by Crippen LogP contribution is 2.43. The summed E-state index contributed by atoms with van der Waals surface area (Å²) in [5.74, 6) is -0.657. The topological polar surface area (TPSA) is 66.8 Å². The van der Waals surface area contributed by atoms with Gasteiger partial charge in [0.1, 0.15) is 5.76 Å². The number of hydrogen-bond donors (Lipinski definition) is 2. The number of aliphatic carboxylic acids is 1. The lowest BCUT2D eigenvalue weighted by molar-refractivity contribution is -0.131. The van der Waals surface area contributed by atoms with Crippen LogP contribution < -0.4 is 0 Å². The van der Waals surface area contributed by atoms with E-state index in [0.29, 0.717) is 5.76 Å². The van der Waals surface area contributed by atoms with E-state index in [-0.39, 0.29) is 11.7 Å². The van der Waals surface area contributed by atoms with E-state index in [1.807, 2.05) is 26.0 Å². The van der Waals surface area contributed by atoms with Gasteiger partial charge in [-0.3, -0.25) is 0 Å². The van der Waals surface area contributed by atoms with Crippen molar-refractivity contribution in [1.82, 2.24) is 0 Å². The molecule has 0 saturated heterocycles. The van der Waals surface area contributed by atoms with Crippen LogP contribution in [-0.2, 0) is 9.53 Å². The molecule has 0 amide bonds. The fraction of sp³-hybridized carbons (Fsp3) is 0.400. The lowest BCUT2D eigenvalue weighted by Crippen LogP contribution is -2.29. The van der Waals surface area contributed by atoms with Crippen molar-refractivity contribution >= 4 is 5.97 Å². The molecular weight excluding hydrogens is 244 g/mol. The maximum atomic E-state index is 10.7. The Balaban J connectivity index is 3.22. The van der Waals surface area contributed by atoms with Gasteiger partial charge in [-0.25, -0.2) is 4.79 Å². The van der Waals surface area contributed by atoms with Crippen LogP contribution in [0.1, 0.15) is 20.3 Å². The van der Waals surface area contributed by atoms with Crippen molar-refractivity contribution < 1.29 is 19.7 Å². The molecule has 2 atom stereocenters. The Labute approximate surface area is 113 Å². The van der Waals surface area contributed by atoms with E-state index in [0.717, 1.165) is 12.5 Å². The SMILES string of the molecule is CCC=CC1(C)C(OC)=C(O)C=CC1/C=C/C(=O)O. The zero-order chi connectivity index (χ0) is 14.5. The van der Waals surface area contributed by atoms with Gasteiger partial charge in [-0.05, 0) is 19.4 Å². The van der Waals surface area contributed by atoms with Crippen molar-refractivity contribution in [3.63, 3.8) is 0 Å². The van der Waals surface area contributed by atoms with Gasteiger partial charge in [0.2, 0.25) is 0 Å². The van der Waals surface area contributed by atoms with Crippen LogP contribution in [0.15, 0.2) is 48.0 Å². The van der Waals surface area contributed by atoms with Gasteiger partial charge in [-0.15, -0.1) is 0 Å². The average Bonchev–Trinajstić information content (AvgIpc) is 2.35. The summed E-state index contributed by atoms with van der Waals surface area (Å²) in [6, 6.07) is 0. The van der Waals surface area contributed by atoms with E-state index < -0.39 is 11.4 Å². The lowest BCUT2D eigenvalue weighted by Gasteiger charge is -2.35. The second-order valence-corrected chi connectivity index (χ2v) is 4.59. The third-order valence-corrected chi connectivity index (χ3v) is 3.23. The van der Waals surface area contributed by atoms with Crippen molar-refractivity contribution in [3.05, 3.63) is 48.0 Å². The Morgan fingerprint density at radius 3 is 2.79 bits per heavy atom. The van der Waals surface area contributed by atoms with Crippen LogP contribution in [0.2, 0.25) is 0 Å². The first-order valence-corrected chi connectivity index (χ1v) is 6.20. The molecule has 104 valence electrons. The first-order valence-electron chi connectivity index (χ1n) is 6.20. The Kier molecular flexibility index (Phi) is 4.98. The molecule has 4 nitrogen and oxygen atoms in total. The van der Waals surface area contributed by atoms with Gasteiger partial charge in [-0.1, -0.05) is 31.2 Å². The van der Waals surface area contributed by atoms with Crippen molar-refractivity contribution in [2.24, 2.45) is 11.3 Å². The molecule has 0 aromatic rings. The van der Waals surface area contributed by atoms with Crippen LogP contribution in [-0.4, -0.2) is 23.3 Å². The Morgan fingerprint density at radius 1 is 1.58 bits per heavy atom. The molecule has 0 spiro atoms. The molecule has 0 heterocycles. The highest BCUT2D eigenvalue weighted by molar-refractivity contribution is 5.79. The summed E-state index contributed by atoms with van der Waals surface area (Å²) in [4.78, 5) is 10.7. The van der Waals surface area contributed by atoms with Crippen molar-refractivity contribution in [3.8, 4) is 0 Å². The predicted molar refractivity (Wildman–Crippen MR) is 73.6 cm³/mol. The highest BCUT2D eigenvalue weighted by Gasteiger charge is 2.38. The summed E-state index contributed by atoms with van der Waals surface area (Å²) in [5, 5.41) is 18.6. The second kappa shape index (κ2) is 6.27. The Hall–Kier alpha value is -1.97. The average molecular weight is 264 g/mol.